The van der Waals surface area contributed by atoms with Crippen molar-refractivity contribution < 1.29 is 18.0 Å². The van der Waals surface area contributed by atoms with E-state index in [9.17, 15) is 18.0 Å². The van der Waals surface area contributed by atoms with Crippen LogP contribution in [0.3, 0.4) is 0 Å². The van der Waals surface area contributed by atoms with Gasteiger partial charge in [0.25, 0.3) is 0 Å². The molecular weight excluding hydrogens is 281 g/mol. The standard InChI is InChI=1S/C15H19F3N2O/c1-10-5-3-6-11(2)20(10)14(21)19-13-8-4-7-12(9-13)15(16,17)18/h4,7-11H,3,5-6H2,1-2H3,(H,19,21)/t10-,11-/m1/s1. The van der Waals surface area contributed by atoms with Crippen LogP contribution in [0.5, 0.6) is 0 Å². The molecule has 1 heterocycles. The molecule has 1 N–H and O–H groups in total. The van der Waals surface area contributed by atoms with Crippen molar-refractivity contribution in [1.82, 2.24) is 4.90 Å². The summed E-state index contributed by atoms with van der Waals surface area (Å²) in [7, 11) is 0. The van der Waals surface area contributed by atoms with Gasteiger partial charge >= 0.3 is 12.2 Å². The van der Waals surface area contributed by atoms with Crippen molar-refractivity contribution in [3.8, 4) is 0 Å². The van der Waals surface area contributed by atoms with Crippen molar-refractivity contribution in [3.63, 3.8) is 0 Å². The monoisotopic (exact) mass is 300 g/mol. The highest BCUT2D eigenvalue weighted by atomic mass is 19.4. The molecule has 0 aliphatic carbocycles. The number of nitrogens with one attached hydrogen (secondary N) is 1. The summed E-state index contributed by atoms with van der Waals surface area (Å²) in [6, 6.07) is 4.56. The van der Waals surface area contributed by atoms with Crippen molar-refractivity contribution >= 4 is 11.7 Å². The summed E-state index contributed by atoms with van der Waals surface area (Å²) in [5.74, 6) is 0. The van der Waals surface area contributed by atoms with Gasteiger partial charge in [-0.3, -0.25) is 0 Å². The molecule has 1 saturated heterocycles. The number of piperidine rings is 1. The van der Waals surface area contributed by atoms with Crippen molar-refractivity contribution in [2.75, 3.05) is 5.32 Å². The molecule has 0 spiro atoms. The Hall–Kier alpha value is -1.72. The molecule has 0 unspecified atom stereocenters. The maximum Gasteiger partial charge on any atom is 0.416 e. The number of nitrogens with zero attached hydrogens (tertiary/aromatic N) is 1. The minimum atomic E-state index is -4.41. The number of anilines is 1. The summed E-state index contributed by atoms with van der Waals surface area (Å²) < 4.78 is 38.0. The molecule has 116 valence electrons. The Morgan fingerprint density at radius 3 is 2.43 bits per heavy atom. The summed E-state index contributed by atoms with van der Waals surface area (Å²) in [5.41, 5.74) is -0.597. The SMILES string of the molecule is C[C@@H]1CCC[C@@H](C)N1C(=O)Nc1cccc(C(F)(F)F)c1. The number of hydrogen-bond donors (Lipinski definition) is 1. The van der Waals surface area contributed by atoms with Gasteiger partial charge in [-0.2, -0.15) is 13.2 Å². The second kappa shape index (κ2) is 5.95. The zero-order valence-electron chi connectivity index (χ0n) is 12.1. The molecule has 2 amide bonds. The fraction of sp³-hybridized carbons (Fsp3) is 0.533. The molecule has 1 aliphatic rings. The molecule has 0 aromatic heterocycles. The number of carbonyl (C=O) groups is 1. The molecule has 3 nitrogen and oxygen atoms in total. The van der Waals surface area contributed by atoms with Crippen molar-refractivity contribution in [2.24, 2.45) is 0 Å². The van der Waals surface area contributed by atoms with E-state index >= 15 is 0 Å². The van der Waals surface area contributed by atoms with Crippen LogP contribution in [0.4, 0.5) is 23.7 Å². The van der Waals surface area contributed by atoms with Gasteiger partial charge in [0.1, 0.15) is 0 Å². The third-order valence-corrected chi connectivity index (χ3v) is 3.87. The van der Waals surface area contributed by atoms with E-state index < -0.39 is 11.7 Å². The number of urea groups is 1. The van der Waals surface area contributed by atoms with E-state index in [0.29, 0.717) is 0 Å². The average Bonchev–Trinajstić information content (AvgIpc) is 2.37. The molecule has 1 aromatic rings. The number of amides is 2. The number of likely N-dealkylation sites (tertiary alicyclic amines) is 1. The van der Waals surface area contributed by atoms with E-state index in [4.69, 9.17) is 0 Å². The van der Waals surface area contributed by atoms with Crippen LogP contribution in [0.25, 0.3) is 0 Å². The molecule has 21 heavy (non-hydrogen) atoms. The van der Waals surface area contributed by atoms with Crippen molar-refractivity contribution in [2.45, 2.75) is 51.4 Å². The first kappa shape index (κ1) is 15.7. The smallest absolute Gasteiger partial charge is 0.319 e. The van der Waals surface area contributed by atoms with Crippen LogP contribution in [0.1, 0.15) is 38.7 Å². The topological polar surface area (TPSA) is 32.3 Å². The summed E-state index contributed by atoms with van der Waals surface area (Å²) in [6.45, 7) is 3.92. The Kier molecular flexibility index (Phi) is 4.44. The highest BCUT2D eigenvalue weighted by Crippen LogP contribution is 2.31. The quantitative estimate of drug-likeness (QED) is 0.813. The highest BCUT2D eigenvalue weighted by Gasteiger charge is 2.31. The van der Waals surface area contributed by atoms with E-state index in [1.165, 1.54) is 12.1 Å². The van der Waals surface area contributed by atoms with Crippen molar-refractivity contribution in [1.29, 1.82) is 0 Å². The van der Waals surface area contributed by atoms with Gasteiger partial charge in [0.15, 0.2) is 0 Å². The molecule has 1 fully saturated rings. The van der Waals surface area contributed by atoms with Crippen LogP contribution >= 0.6 is 0 Å². The number of carbonyl (C=O) groups excluding carboxylic acids is 1. The van der Waals surface area contributed by atoms with Gasteiger partial charge in [-0.25, -0.2) is 4.79 Å². The Balaban J connectivity index is 2.12. The Morgan fingerprint density at radius 2 is 1.86 bits per heavy atom. The number of hydrogen-bond acceptors (Lipinski definition) is 1. The van der Waals surface area contributed by atoms with E-state index in [1.54, 1.807) is 4.90 Å². The van der Waals surface area contributed by atoms with E-state index in [1.807, 2.05) is 13.8 Å². The first-order chi connectivity index (χ1) is 9.79. The van der Waals surface area contributed by atoms with Gasteiger partial charge in [-0.1, -0.05) is 6.07 Å². The number of rotatable bonds is 1. The second-order valence-corrected chi connectivity index (χ2v) is 5.54. The maximum absolute atomic E-state index is 12.7. The van der Waals surface area contributed by atoms with Gasteiger partial charge in [0.05, 0.1) is 5.56 Å². The lowest BCUT2D eigenvalue weighted by molar-refractivity contribution is -0.137. The van der Waals surface area contributed by atoms with Gasteiger partial charge in [0, 0.05) is 17.8 Å². The summed E-state index contributed by atoms with van der Waals surface area (Å²) in [6.07, 6.45) is -1.51. The lowest BCUT2D eigenvalue weighted by Crippen LogP contribution is -2.49. The predicted molar refractivity (Wildman–Crippen MR) is 75.1 cm³/mol. The second-order valence-electron chi connectivity index (χ2n) is 5.54. The zero-order valence-corrected chi connectivity index (χ0v) is 12.1. The van der Waals surface area contributed by atoms with E-state index in [0.717, 1.165) is 31.4 Å². The minimum Gasteiger partial charge on any atom is -0.319 e. The van der Waals surface area contributed by atoms with Crippen LogP contribution in [0.15, 0.2) is 24.3 Å². The molecular formula is C15H19F3N2O. The fourth-order valence-electron chi connectivity index (χ4n) is 2.78. The third kappa shape index (κ3) is 3.68. The van der Waals surface area contributed by atoms with Gasteiger partial charge in [-0.05, 0) is 51.3 Å². The Bertz CT molecular complexity index is 506. The van der Waals surface area contributed by atoms with Crippen LogP contribution < -0.4 is 5.32 Å². The maximum atomic E-state index is 12.7. The summed E-state index contributed by atoms with van der Waals surface area (Å²) in [5, 5.41) is 2.57. The molecule has 0 bridgehead atoms. The van der Waals surface area contributed by atoms with Crippen LogP contribution in [-0.4, -0.2) is 23.0 Å². The van der Waals surface area contributed by atoms with Crippen LogP contribution in [0.2, 0.25) is 0 Å². The first-order valence-electron chi connectivity index (χ1n) is 7.05. The van der Waals surface area contributed by atoms with Crippen LogP contribution in [0, 0.1) is 0 Å². The minimum absolute atomic E-state index is 0.0968. The molecule has 6 heteroatoms. The van der Waals surface area contributed by atoms with Gasteiger partial charge in [0.2, 0.25) is 0 Å². The number of alkyl halides is 3. The summed E-state index contributed by atoms with van der Waals surface area (Å²) in [4.78, 5) is 14.0. The lowest BCUT2D eigenvalue weighted by atomic mass is 9.98. The number of benzene rings is 1. The van der Waals surface area contributed by atoms with E-state index in [-0.39, 0.29) is 23.8 Å². The molecule has 1 aliphatic heterocycles. The van der Waals surface area contributed by atoms with E-state index in [2.05, 4.69) is 5.32 Å². The zero-order chi connectivity index (χ0) is 15.6. The molecule has 0 radical (unpaired) electrons. The molecule has 1 aromatic carbocycles. The normalized spacial score (nSPS) is 23.0. The average molecular weight is 300 g/mol. The molecule has 2 rings (SSSR count). The fourth-order valence-corrected chi connectivity index (χ4v) is 2.78. The summed E-state index contributed by atoms with van der Waals surface area (Å²) >= 11 is 0. The predicted octanol–water partition coefficient (Wildman–Crippen LogP) is 4.50. The third-order valence-electron chi connectivity index (χ3n) is 3.87. The van der Waals surface area contributed by atoms with Gasteiger partial charge in [-0.15, -0.1) is 0 Å². The van der Waals surface area contributed by atoms with Crippen molar-refractivity contribution in [3.05, 3.63) is 29.8 Å². The first-order valence-corrected chi connectivity index (χ1v) is 7.05. The Labute approximate surface area is 122 Å². The highest BCUT2D eigenvalue weighted by molar-refractivity contribution is 5.89. The molecule has 2 atom stereocenters. The lowest BCUT2D eigenvalue weighted by Gasteiger charge is -2.38. The Morgan fingerprint density at radius 1 is 1.24 bits per heavy atom. The van der Waals surface area contributed by atoms with Crippen LogP contribution in [-0.2, 0) is 6.18 Å². The largest absolute Gasteiger partial charge is 0.416 e. The molecule has 0 saturated carbocycles. The van der Waals surface area contributed by atoms with Gasteiger partial charge < -0.3 is 10.2 Å². The number of halogens is 3.